The first-order chi connectivity index (χ1) is 11.4. The zero-order valence-electron chi connectivity index (χ0n) is 13.8. The molecule has 2 N–H and O–H groups in total. The highest BCUT2D eigenvalue weighted by atomic mass is 79.9. The summed E-state index contributed by atoms with van der Waals surface area (Å²) in [6.45, 7) is 4.04. The first-order valence-electron chi connectivity index (χ1n) is 7.43. The number of thioether (sulfide) groups is 1. The Morgan fingerprint density at radius 3 is 2.54 bits per heavy atom. The summed E-state index contributed by atoms with van der Waals surface area (Å²) in [5.41, 5.74) is 3.23. The Morgan fingerprint density at radius 2 is 1.83 bits per heavy atom. The monoisotopic (exact) mass is 406 g/mol. The molecule has 0 saturated carbocycles. The maximum atomic E-state index is 12.2. The van der Waals surface area contributed by atoms with Crippen LogP contribution in [-0.4, -0.2) is 24.6 Å². The van der Waals surface area contributed by atoms with Crippen molar-refractivity contribution in [2.45, 2.75) is 18.7 Å². The summed E-state index contributed by atoms with van der Waals surface area (Å²) in [5.74, 6) is -0.0847. The van der Waals surface area contributed by atoms with Crippen molar-refractivity contribution in [2.75, 3.05) is 18.1 Å². The molecule has 126 valence electrons. The average molecular weight is 407 g/mol. The van der Waals surface area contributed by atoms with Crippen molar-refractivity contribution in [1.82, 2.24) is 5.32 Å². The molecule has 2 rings (SSSR count). The van der Waals surface area contributed by atoms with Crippen LogP contribution < -0.4 is 10.6 Å². The van der Waals surface area contributed by atoms with Crippen molar-refractivity contribution in [3.05, 3.63) is 57.6 Å². The predicted molar refractivity (Wildman–Crippen MR) is 103 cm³/mol. The van der Waals surface area contributed by atoms with Gasteiger partial charge in [0.25, 0.3) is 5.91 Å². The second-order valence-corrected chi connectivity index (χ2v) is 7.20. The molecule has 0 aliphatic rings. The first-order valence-corrected chi connectivity index (χ1v) is 9.20. The van der Waals surface area contributed by atoms with Crippen LogP contribution in [-0.2, 0) is 4.79 Å². The van der Waals surface area contributed by atoms with Gasteiger partial charge in [-0.05, 0) is 49.2 Å². The van der Waals surface area contributed by atoms with Gasteiger partial charge in [-0.3, -0.25) is 9.59 Å². The van der Waals surface area contributed by atoms with Crippen molar-refractivity contribution < 1.29 is 9.59 Å². The van der Waals surface area contributed by atoms with E-state index in [2.05, 4.69) is 38.7 Å². The number of carbonyl (C=O) groups is 2. The Kier molecular flexibility index (Phi) is 6.45. The van der Waals surface area contributed by atoms with E-state index >= 15 is 0 Å². The zero-order chi connectivity index (χ0) is 17.7. The largest absolute Gasteiger partial charge is 0.355 e. The topological polar surface area (TPSA) is 58.2 Å². The maximum Gasteiger partial charge on any atom is 0.253 e. The summed E-state index contributed by atoms with van der Waals surface area (Å²) < 4.78 is 1.06. The molecule has 0 heterocycles. The Bertz CT molecular complexity index is 778. The number of hydrogen-bond acceptors (Lipinski definition) is 3. The van der Waals surface area contributed by atoms with Gasteiger partial charge in [-0.2, -0.15) is 0 Å². The SMILES string of the molecule is CNC(=O)c1ccccc1NC(=O)CSc1cc(C)c(Br)cc1C. The second-order valence-electron chi connectivity index (χ2n) is 5.33. The Balaban J connectivity index is 2.05. The minimum Gasteiger partial charge on any atom is -0.355 e. The summed E-state index contributed by atoms with van der Waals surface area (Å²) in [7, 11) is 1.56. The van der Waals surface area contributed by atoms with Gasteiger partial charge in [-0.25, -0.2) is 0 Å². The van der Waals surface area contributed by atoms with Crippen LogP contribution in [0.4, 0.5) is 5.69 Å². The van der Waals surface area contributed by atoms with E-state index < -0.39 is 0 Å². The van der Waals surface area contributed by atoms with Crippen molar-refractivity contribution >= 4 is 45.2 Å². The van der Waals surface area contributed by atoms with Crippen LogP contribution in [0.1, 0.15) is 21.5 Å². The van der Waals surface area contributed by atoms with Gasteiger partial charge in [0.15, 0.2) is 0 Å². The van der Waals surface area contributed by atoms with E-state index in [1.807, 2.05) is 13.8 Å². The Morgan fingerprint density at radius 1 is 1.12 bits per heavy atom. The molecule has 4 nitrogen and oxygen atoms in total. The normalized spacial score (nSPS) is 10.3. The minimum atomic E-state index is -0.224. The molecule has 0 atom stereocenters. The fraction of sp³-hybridized carbons (Fsp3) is 0.222. The van der Waals surface area contributed by atoms with Gasteiger partial charge in [-0.15, -0.1) is 11.8 Å². The highest BCUT2D eigenvalue weighted by Crippen LogP contribution is 2.28. The fourth-order valence-corrected chi connectivity index (χ4v) is 3.53. The zero-order valence-corrected chi connectivity index (χ0v) is 16.2. The number of rotatable bonds is 5. The van der Waals surface area contributed by atoms with Gasteiger partial charge in [0.1, 0.15) is 0 Å². The van der Waals surface area contributed by atoms with E-state index in [1.165, 1.54) is 11.8 Å². The third-order valence-corrected chi connectivity index (χ3v) is 5.50. The molecule has 0 radical (unpaired) electrons. The molecule has 6 heteroatoms. The lowest BCUT2D eigenvalue weighted by molar-refractivity contribution is -0.113. The summed E-state index contributed by atoms with van der Waals surface area (Å²) in [6.07, 6.45) is 0. The third-order valence-electron chi connectivity index (χ3n) is 3.49. The lowest BCUT2D eigenvalue weighted by Crippen LogP contribution is -2.22. The van der Waals surface area contributed by atoms with Gasteiger partial charge in [-0.1, -0.05) is 28.1 Å². The molecule has 0 unspecified atom stereocenters. The molecule has 0 aromatic heterocycles. The van der Waals surface area contributed by atoms with Gasteiger partial charge in [0.05, 0.1) is 17.0 Å². The van der Waals surface area contributed by atoms with E-state index in [0.29, 0.717) is 11.3 Å². The molecule has 0 aliphatic carbocycles. The quantitative estimate of drug-likeness (QED) is 0.732. The van der Waals surface area contributed by atoms with E-state index in [4.69, 9.17) is 0 Å². The molecule has 0 aliphatic heterocycles. The van der Waals surface area contributed by atoms with Crippen LogP contribution in [0, 0.1) is 13.8 Å². The number of carbonyl (C=O) groups excluding carboxylic acids is 2. The predicted octanol–water partition coefficient (Wildman–Crippen LogP) is 4.16. The number of nitrogens with one attached hydrogen (secondary N) is 2. The Labute approximate surface area is 154 Å². The van der Waals surface area contributed by atoms with E-state index in [0.717, 1.165) is 20.5 Å². The number of benzene rings is 2. The van der Waals surface area contributed by atoms with Crippen LogP contribution in [0.15, 0.2) is 45.8 Å². The molecule has 2 aromatic rings. The van der Waals surface area contributed by atoms with Crippen LogP contribution >= 0.6 is 27.7 Å². The molecule has 2 amide bonds. The van der Waals surface area contributed by atoms with Crippen molar-refractivity contribution in [3.63, 3.8) is 0 Å². The summed E-state index contributed by atoms with van der Waals surface area (Å²) >= 11 is 4.99. The van der Waals surface area contributed by atoms with Gasteiger partial charge in [0.2, 0.25) is 5.91 Å². The second kappa shape index (κ2) is 8.35. The van der Waals surface area contributed by atoms with Crippen LogP contribution in [0.2, 0.25) is 0 Å². The van der Waals surface area contributed by atoms with E-state index in [-0.39, 0.29) is 17.6 Å². The molecule has 24 heavy (non-hydrogen) atoms. The first kappa shape index (κ1) is 18.5. The highest BCUT2D eigenvalue weighted by molar-refractivity contribution is 9.10. The third kappa shape index (κ3) is 4.61. The Hall–Kier alpha value is -1.79. The van der Waals surface area contributed by atoms with Gasteiger partial charge < -0.3 is 10.6 Å². The van der Waals surface area contributed by atoms with E-state index in [9.17, 15) is 9.59 Å². The molecular weight excluding hydrogens is 388 g/mol. The van der Waals surface area contributed by atoms with Crippen molar-refractivity contribution in [2.24, 2.45) is 0 Å². The molecule has 2 aromatic carbocycles. The van der Waals surface area contributed by atoms with Crippen molar-refractivity contribution in [1.29, 1.82) is 0 Å². The minimum absolute atomic E-state index is 0.142. The molecule has 0 spiro atoms. The summed E-state index contributed by atoms with van der Waals surface area (Å²) in [4.78, 5) is 25.2. The smallest absolute Gasteiger partial charge is 0.253 e. The number of halogens is 1. The standard InChI is InChI=1S/C18H19BrN2O2S/c1-11-9-16(12(2)8-14(11)19)24-10-17(22)21-15-7-5-4-6-13(15)18(23)20-3/h4-9H,10H2,1-3H3,(H,20,23)(H,21,22). The fourth-order valence-electron chi connectivity index (χ4n) is 2.16. The average Bonchev–Trinajstić information content (AvgIpc) is 2.56. The molecular formula is C18H19BrN2O2S. The lowest BCUT2D eigenvalue weighted by Gasteiger charge is -2.11. The summed E-state index contributed by atoms with van der Waals surface area (Å²) in [6, 6.07) is 11.1. The number of amides is 2. The van der Waals surface area contributed by atoms with Crippen molar-refractivity contribution in [3.8, 4) is 0 Å². The molecule has 0 fully saturated rings. The molecule has 0 bridgehead atoms. The van der Waals surface area contributed by atoms with Gasteiger partial charge >= 0.3 is 0 Å². The lowest BCUT2D eigenvalue weighted by atomic mass is 10.1. The molecule has 0 saturated heterocycles. The van der Waals surface area contributed by atoms with Crippen LogP contribution in [0.3, 0.4) is 0 Å². The van der Waals surface area contributed by atoms with E-state index in [1.54, 1.807) is 31.3 Å². The summed E-state index contributed by atoms with van der Waals surface area (Å²) in [5, 5.41) is 5.38. The van der Waals surface area contributed by atoms with Gasteiger partial charge in [0, 0.05) is 16.4 Å². The highest BCUT2D eigenvalue weighted by Gasteiger charge is 2.12. The van der Waals surface area contributed by atoms with Crippen LogP contribution in [0.5, 0.6) is 0 Å². The number of aryl methyl sites for hydroxylation is 2. The number of hydrogen-bond donors (Lipinski definition) is 2. The maximum absolute atomic E-state index is 12.2. The van der Waals surface area contributed by atoms with Crippen LogP contribution in [0.25, 0.3) is 0 Å². The number of anilines is 1. The number of para-hydroxylation sites is 1.